The second-order valence-corrected chi connectivity index (χ2v) is 4.73. The Morgan fingerprint density at radius 2 is 1.78 bits per heavy atom. The number of amides is 1. The Labute approximate surface area is 106 Å². The number of aliphatic carboxylic acids is 1. The van der Waals surface area contributed by atoms with E-state index in [2.05, 4.69) is 5.16 Å². The van der Waals surface area contributed by atoms with Gasteiger partial charge in [-0.25, -0.2) is 4.79 Å². The van der Waals surface area contributed by atoms with E-state index in [-0.39, 0.29) is 18.0 Å². The van der Waals surface area contributed by atoms with Gasteiger partial charge in [-0.3, -0.25) is 4.79 Å². The van der Waals surface area contributed by atoms with Crippen LogP contribution in [0.3, 0.4) is 0 Å². The minimum absolute atomic E-state index is 0.0691. The third kappa shape index (κ3) is 3.00. The van der Waals surface area contributed by atoms with Crippen molar-refractivity contribution in [1.29, 1.82) is 0 Å². The summed E-state index contributed by atoms with van der Waals surface area (Å²) in [5.41, 5.74) is -0.0691. The van der Waals surface area contributed by atoms with Gasteiger partial charge in [-0.05, 0) is 12.8 Å². The normalized spacial score (nSPS) is 24.8. The summed E-state index contributed by atoms with van der Waals surface area (Å²) in [4.78, 5) is 29.6. The van der Waals surface area contributed by atoms with Crippen LogP contribution in [0, 0.1) is 0 Å². The highest BCUT2D eigenvalue weighted by Gasteiger charge is 2.34. The van der Waals surface area contributed by atoms with Crippen molar-refractivity contribution in [2.75, 3.05) is 13.1 Å². The molecule has 1 saturated heterocycles. The van der Waals surface area contributed by atoms with Gasteiger partial charge in [-0.15, -0.1) is 0 Å². The van der Waals surface area contributed by atoms with Crippen LogP contribution in [-0.4, -0.2) is 46.8 Å². The highest BCUT2D eigenvalue weighted by atomic mass is 16.6. The first-order chi connectivity index (χ1) is 8.68. The molecule has 0 aliphatic carbocycles. The molecule has 0 aromatic heterocycles. The summed E-state index contributed by atoms with van der Waals surface area (Å²) in [6.07, 6.45) is 4.86. The van der Waals surface area contributed by atoms with Crippen LogP contribution in [0.2, 0.25) is 0 Å². The Morgan fingerprint density at radius 1 is 1.17 bits per heavy atom. The number of carbonyl (C=O) groups excluding carboxylic acids is 1. The van der Waals surface area contributed by atoms with E-state index in [0.29, 0.717) is 0 Å². The number of carboxylic acids is 1. The van der Waals surface area contributed by atoms with Crippen LogP contribution in [0.15, 0.2) is 5.16 Å². The average Bonchev–Trinajstić information content (AvgIpc) is 2.77. The fourth-order valence-electron chi connectivity index (χ4n) is 2.31. The van der Waals surface area contributed by atoms with E-state index in [4.69, 9.17) is 9.94 Å². The van der Waals surface area contributed by atoms with Gasteiger partial charge < -0.3 is 14.8 Å². The van der Waals surface area contributed by atoms with Crippen molar-refractivity contribution in [3.8, 4) is 0 Å². The average molecular weight is 254 g/mol. The maximum Gasteiger partial charge on any atom is 0.353 e. The predicted octanol–water partition coefficient (Wildman–Crippen LogP) is 1.01. The first-order valence-corrected chi connectivity index (χ1v) is 6.43. The van der Waals surface area contributed by atoms with Crippen molar-refractivity contribution in [3.63, 3.8) is 0 Å². The molecule has 0 aromatic carbocycles. The van der Waals surface area contributed by atoms with E-state index < -0.39 is 12.1 Å². The lowest BCUT2D eigenvalue weighted by Crippen LogP contribution is -2.41. The molecule has 2 aliphatic rings. The first kappa shape index (κ1) is 12.9. The molecule has 1 amide bonds. The molecular formula is C12H18N2O4. The van der Waals surface area contributed by atoms with Gasteiger partial charge in [0.1, 0.15) is 0 Å². The molecule has 0 aromatic rings. The number of carboxylic acid groups (broad SMARTS) is 1. The van der Waals surface area contributed by atoms with E-state index >= 15 is 0 Å². The smallest absolute Gasteiger partial charge is 0.353 e. The highest BCUT2D eigenvalue weighted by Crippen LogP contribution is 2.17. The summed E-state index contributed by atoms with van der Waals surface area (Å²) in [6, 6.07) is 0. The summed E-state index contributed by atoms with van der Waals surface area (Å²) in [7, 11) is 0. The summed E-state index contributed by atoms with van der Waals surface area (Å²) in [5, 5.41) is 12.2. The zero-order chi connectivity index (χ0) is 13.0. The molecule has 1 fully saturated rings. The minimum atomic E-state index is -1.11. The lowest BCUT2D eigenvalue weighted by atomic mass is 10.1. The molecule has 2 rings (SSSR count). The maximum atomic E-state index is 12.2. The molecular weight excluding hydrogens is 236 g/mol. The summed E-state index contributed by atoms with van der Waals surface area (Å²) < 4.78 is 0. The van der Waals surface area contributed by atoms with Crippen molar-refractivity contribution >= 4 is 17.6 Å². The number of rotatable bonds is 2. The number of carbonyl (C=O) groups is 2. The van der Waals surface area contributed by atoms with E-state index in [1.807, 2.05) is 0 Å². The zero-order valence-corrected chi connectivity index (χ0v) is 10.3. The SMILES string of the molecule is O=C(O)C1=NOC(C(=O)N2CCCCCCC2)C1. The van der Waals surface area contributed by atoms with Gasteiger partial charge in [0.25, 0.3) is 5.91 Å². The molecule has 0 radical (unpaired) electrons. The van der Waals surface area contributed by atoms with E-state index in [1.54, 1.807) is 4.90 Å². The van der Waals surface area contributed by atoms with Gasteiger partial charge in [0.05, 0.1) is 0 Å². The lowest BCUT2D eigenvalue weighted by Gasteiger charge is -2.26. The number of nitrogens with zero attached hydrogens (tertiary/aromatic N) is 2. The second kappa shape index (κ2) is 5.84. The Hall–Kier alpha value is -1.59. The summed E-state index contributed by atoms with van der Waals surface area (Å²) in [5.74, 6) is -1.24. The van der Waals surface area contributed by atoms with E-state index in [0.717, 1.165) is 38.8 Å². The number of hydrogen-bond acceptors (Lipinski definition) is 4. The van der Waals surface area contributed by atoms with Crippen molar-refractivity contribution < 1.29 is 19.5 Å². The standard InChI is InChI=1S/C12H18N2O4/c15-11(10-8-9(12(16)17)13-18-10)14-6-4-2-1-3-5-7-14/h10H,1-8H2,(H,16,17). The van der Waals surface area contributed by atoms with Gasteiger partial charge >= 0.3 is 5.97 Å². The molecule has 1 N–H and O–H groups in total. The Morgan fingerprint density at radius 3 is 2.33 bits per heavy atom. The van der Waals surface area contributed by atoms with Crippen LogP contribution in [0.5, 0.6) is 0 Å². The fraction of sp³-hybridized carbons (Fsp3) is 0.750. The Bertz CT molecular complexity index is 359. The Kier molecular flexibility index (Phi) is 4.17. The molecule has 0 saturated carbocycles. The second-order valence-electron chi connectivity index (χ2n) is 4.73. The fourth-order valence-corrected chi connectivity index (χ4v) is 2.31. The third-order valence-corrected chi connectivity index (χ3v) is 3.36. The molecule has 2 aliphatic heterocycles. The summed E-state index contributed by atoms with van der Waals surface area (Å²) in [6.45, 7) is 1.47. The molecule has 6 nitrogen and oxygen atoms in total. The van der Waals surface area contributed by atoms with Crippen molar-refractivity contribution in [2.24, 2.45) is 5.16 Å². The summed E-state index contributed by atoms with van der Waals surface area (Å²) >= 11 is 0. The quantitative estimate of drug-likeness (QED) is 0.797. The van der Waals surface area contributed by atoms with Crippen LogP contribution in [0.4, 0.5) is 0 Å². The van der Waals surface area contributed by atoms with Crippen LogP contribution in [-0.2, 0) is 14.4 Å². The predicted molar refractivity (Wildman–Crippen MR) is 64.2 cm³/mol. The molecule has 1 unspecified atom stereocenters. The topological polar surface area (TPSA) is 79.2 Å². The van der Waals surface area contributed by atoms with Crippen molar-refractivity contribution in [3.05, 3.63) is 0 Å². The number of oxime groups is 1. The number of likely N-dealkylation sites (tertiary alicyclic amines) is 1. The molecule has 100 valence electrons. The maximum absolute atomic E-state index is 12.2. The monoisotopic (exact) mass is 254 g/mol. The van der Waals surface area contributed by atoms with Crippen LogP contribution in [0.1, 0.15) is 38.5 Å². The van der Waals surface area contributed by atoms with Gasteiger partial charge in [0, 0.05) is 19.5 Å². The highest BCUT2D eigenvalue weighted by molar-refractivity contribution is 6.36. The van der Waals surface area contributed by atoms with E-state index in [9.17, 15) is 9.59 Å². The molecule has 18 heavy (non-hydrogen) atoms. The lowest BCUT2D eigenvalue weighted by molar-refractivity contribution is -0.142. The Balaban J connectivity index is 1.89. The van der Waals surface area contributed by atoms with Crippen molar-refractivity contribution in [1.82, 2.24) is 4.90 Å². The van der Waals surface area contributed by atoms with Gasteiger partial charge in [0.15, 0.2) is 5.71 Å². The largest absolute Gasteiger partial charge is 0.477 e. The van der Waals surface area contributed by atoms with Gasteiger partial charge in [0.2, 0.25) is 6.10 Å². The van der Waals surface area contributed by atoms with E-state index in [1.165, 1.54) is 6.42 Å². The van der Waals surface area contributed by atoms with Crippen LogP contribution in [0.25, 0.3) is 0 Å². The number of hydrogen-bond donors (Lipinski definition) is 1. The molecule has 2 heterocycles. The zero-order valence-electron chi connectivity index (χ0n) is 10.3. The van der Waals surface area contributed by atoms with Crippen LogP contribution < -0.4 is 0 Å². The van der Waals surface area contributed by atoms with Gasteiger partial charge in [-0.2, -0.15) is 0 Å². The van der Waals surface area contributed by atoms with Crippen LogP contribution >= 0.6 is 0 Å². The molecule has 6 heteroatoms. The third-order valence-electron chi connectivity index (χ3n) is 3.36. The molecule has 0 spiro atoms. The first-order valence-electron chi connectivity index (χ1n) is 6.43. The molecule has 1 atom stereocenters. The molecule has 0 bridgehead atoms. The van der Waals surface area contributed by atoms with Crippen molar-refractivity contribution in [2.45, 2.75) is 44.6 Å². The minimum Gasteiger partial charge on any atom is -0.477 e. The van der Waals surface area contributed by atoms with Gasteiger partial charge in [-0.1, -0.05) is 24.4 Å².